The first-order chi connectivity index (χ1) is 11.8. The van der Waals surface area contributed by atoms with Crippen LogP contribution in [0.15, 0.2) is 47.3 Å². The Morgan fingerprint density at radius 1 is 1.21 bits per heavy atom. The van der Waals surface area contributed by atoms with Crippen molar-refractivity contribution >= 4 is 6.03 Å². The number of hydrogen-bond acceptors (Lipinski definition) is 4. The maximum atomic E-state index is 12.1. The topological polar surface area (TPSA) is 70.4 Å². The van der Waals surface area contributed by atoms with Crippen LogP contribution in [0.25, 0.3) is 0 Å². The summed E-state index contributed by atoms with van der Waals surface area (Å²) >= 11 is 0. The first-order valence-corrected chi connectivity index (χ1v) is 8.51. The number of hydrogen-bond donors (Lipinski definition) is 2. The number of nitrogens with zero attached hydrogens (tertiary/aromatic N) is 2. The highest BCUT2D eigenvalue weighted by atomic mass is 16.3. The van der Waals surface area contributed by atoms with E-state index >= 15 is 0 Å². The molecule has 2 amide bonds. The van der Waals surface area contributed by atoms with Crippen LogP contribution in [-0.4, -0.2) is 35.5 Å². The maximum absolute atomic E-state index is 12.1. The van der Waals surface area contributed by atoms with Gasteiger partial charge < -0.3 is 15.1 Å². The summed E-state index contributed by atoms with van der Waals surface area (Å²) in [6, 6.07) is 7.59. The molecule has 3 heterocycles. The third kappa shape index (κ3) is 4.58. The van der Waals surface area contributed by atoms with Gasteiger partial charge in [0.2, 0.25) is 0 Å². The Hall–Kier alpha value is -2.34. The van der Waals surface area contributed by atoms with Gasteiger partial charge in [0.25, 0.3) is 0 Å². The van der Waals surface area contributed by atoms with Gasteiger partial charge in [-0.15, -0.1) is 0 Å². The van der Waals surface area contributed by atoms with Crippen LogP contribution in [0.3, 0.4) is 0 Å². The number of likely N-dealkylation sites (tertiary alicyclic amines) is 1. The summed E-state index contributed by atoms with van der Waals surface area (Å²) < 4.78 is 5.59. The van der Waals surface area contributed by atoms with Crippen LogP contribution in [0.4, 0.5) is 4.79 Å². The predicted octanol–water partition coefficient (Wildman–Crippen LogP) is 2.70. The van der Waals surface area contributed by atoms with Crippen molar-refractivity contribution in [2.45, 2.75) is 31.8 Å². The number of pyridine rings is 1. The molecule has 1 atom stereocenters. The number of carbonyl (C=O) groups excluding carboxylic acids is 1. The van der Waals surface area contributed by atoms with Crippen molar-refractivity contribution in [3.8, 4) is 0 Å². The average molecular weight is 328 g/mol. The predicted molar refractivity (Wildman–Crippen MR) is 91.3 cm³/mol. The molecule has 0 aromatic carbocycles. The fraction of sp³-hybridized carbons (Fsp3) is 0.444. The number of piperidine rings is 1. The summed E-state index contributed by atoms with van der Waals surface area (Å²) in [6.45, 7) is 3.09. The van der Waals surface area contributed by atoms with Crippen LogP contribution >= 0.6 is 0 Å². The normalized spacial score (nSPS) is 16.5. The van der Waals surface area contributed by atoms with E-state index in [0.29, 0.717) is 13.1 Å². The van der Waals surface area contributed by atoms with Gasteiger partial charge >= 0.3 is 6.03 Å². The standard InChI is InChI=1S/C18H24N4O2/c23-18(20-13-15-6-4-8-19-12-15)21-14-16(17-7-5-11-24-17)22-9-2-1-3-10-22/h4-8,11-12,16H,1-3,9-10,13-14H2,(H2,20,21,23). The Morgan fingerprint density at radius 2 is 2.08 bits per heavy atom. The number of aromatic nitrogens is 1. The van der Waals surface area contributed by atoms with Gasteiger partial charge in [0.15, 0.2) is 0 Å². The molecule has 128 valence electrons. The highest BCUT2D eigenvalue weighted by molar-refractivity contribution is 5.73. The minimum atomic E-state index is -0.174. The maximum Gasteiger partial charge on any atom is 0.315 e. The van der Waals surface area contributed by atoms with Gasteiger partial charge in [0, 0.05) is 25.5 Å². The lowest BCUT2D eigenvalue weighted by molar-refractivity contribution is 0.143. The molecule has 0 spiro atoms. The molecular formula is C18H24N4O2. The zero-order valence-corrected chi connectivity index (χ0v) is 13.8. The second-order valence-corrected chi connectivity index (χ2v) is 6.05. The summed E-state index contributed by atoms with van der Waals surface area (Å²) in [5, 5.41) is 5.83. The van der Waals surface area contributed by atoms with E-state index in [-0.39, 0.29) is 12.1 Å². The number of amides is 2. The van der Waals surface area contributed by atoms with Crippen molar-refractivity contribution in [1.82, 2.24) is 20.5 Å². The lowest BCUT2D eigenvalue weighted by Crippen LogP contribution is -2.43. The zero-order valence-electron chi connectivity index (χ0n) is 13.8. The first-order valence-electron chi connectivity index (χ1n) is 8.51. The SMILES string of the molecule is O=C(NCc1cccnc1)NCC(c1ccco1)N1CCCCC1. The minimum Gasteiger partial charge on any atom is -0.468 e. The van der Waals surface area contributed by atoms with Crippen LogP contribution in [0.1, 0.15) is 36.6 Å². The molecule has 1 unspecified atom stereocenters. The second-order valence-electron chi connectivity index (χ2n) is 6.05. The number of urea groups is 1. The third-order valence-electron chi connectivity index (χ3n) is 4.33. The van der Waals surface area contributed by atoms with E-state index in [1.165, 1.54) is 19.3 Å². The highest BCUT2D eigenvalue weighted by Crippen LogP contribution is 2.24. The fourth-order valence-electron chi connectivity index (χ4n) is 3.06. The van der Waals surface area contributed by atoms with E-state index in [4.69, 9.17) is 4.42 Å². The zero-order chi connectivity index (χ0) is 16.6. The Labute approximate surface area is 142 Å². The van der Waals surface area contributed by atoms with Crippen molar-refractivity contribution < 1.29 is 9.21 Å². The number of rotatable bonds is 6. The molecule has 0 radical (unpaired) electrons. The van der Waals surface area contributed by atoms with Crippen LogP contribution in [0, 0.1) is 0 Å². The van der Waals surface area contributed by atoms with Crippen molar-refractivity contribution in [3.63, 3.8) is 0 Å². The van der Waals surface area contributed by atoms with Crippen LogP contribution in [0.2, 0.25) is 0 Å². The molecule has 1 fully saturated rings. The van der Waals surface area contributed by atoms with Gasteiger partial charge in [0.05, 0.1) is 12.3 Å². The molecule has 0 aliphatic carbocycles. The van der Waals surface area contributed by atoms with E-state index in [2.05, 4.69) is 20.5 Å². The largest absolute Gasteiger partial charge is 0.468 e. The molecule has 1 saturated heterocycles. The van der Waals surface area contributed by atoms with Crippen LogP contribution in [-0.2, 0) is 6.54 Å². The Morgan fingerprint density at radius 3 is 2.79 bits per heavy atom. The van der Waals surface area contributed by atoms with Gasteiger partial charge in [-0.2, -0.15) is 0 Å². The molecule has 2 aromatic rings. The van der Waals surface area contributed by atoms with Gasteiger partial charge in [-0.3, -0.25) is 9.88 Å². The highest BCUT2D eigenvalue weighted by Gasteiger charge is 2.24. The summed E-state index contributed by atoms with van der Waals surface area (Å²) in [7, 11) is 0. The summed E-state index contributed by atoms with van der Waals surface area (Å²) in [6.07, 6.45) is 8.83. The van der Waals surface area contributed by atoms with Crippen molar-refractivity contribution in [3.05, 3.63) is 54.2 Å². The Kier molecular flexibility index (Phi) is 5.85. The molecule has 1 aliphatic heterocycles. The molecular weight excluding hydrogens is 304 g/mol. The second kappa shape index (κ2) is 8.49. The Balaban J connectivity index is 1.52. The van der Waals surface area contributed by atoms with Crippen molar-refractivity contribution in [2.75, 3.05) is 19.6 Å². The van der Waals surface area contributed by atoms with E-state index in [1.54, 1.807) is 18.7 Å². The fourth-order valence-corrected chi connectivity index (χ4v) is 3.06. The smallest absolute Gasteiger partial charge is 0.315 e. The monoisotopic (exact) mass is 328 g/mol. The van der Waals surface area contributed by atoms with Gasteiger partial charge in [0.1, 0.15) is 5.76 Å². The molecule has 0 bridgehead atoms. The lowest BCUT2D eigenvalue weighted by atomic mass is 10.1. The third-order valence-corrected chi connectivity index (χ3v) is 4.33. The van der Waals surface area contributed by atoms with Crippen molar-refractivity contribution in [1.29, 1.82) is 0 Å². The molecule has 3 rings (SSSR count). The lowest BCUT2D eigenvalue weighted by Gasteiger charge is -2.33. The summed E-state index contributed by atoms with van der Waals surface area (Å²) in [5.74, 6) is 0.907. The van der Waals surface area contributed by atoms with Gasteiger partial charge in [-0.05, 0) is 49.7 Å². The van der Waals surface area contributed by atoms with E-state index < -0.39 is 0 Å². The van der Waals surface area contributed by atoms with Crippen LogP contribution < -0.4 is 10.6 Å². The molecule has 24 heavy (non-hydrogen) atoms. The van der Waals surface area contributed by atoms with Crippen LogP contribution in [0.5, 0.6) is 0 Å². The molecule has 1 aliphatic rings. The molecule has 6 nitrogen and oxygen atoms in total. The van der Waals surface area contributed by atoms with Gasteiger partial charge in [-0.25, -0.2) is 4.79 Å². The number of nitrogens with one attached hydrogen (secondary N) is 2. The van der Waals surface area contributed by atoms with E-state index in [0.717, 1.165) is 24.4 Å². The summed E-state index contributed by atoms with van der Waals surface area (Å²) in [4.78, 5) is 18.5. The average Bonchev–Trinajstić information content (AvgIpc) is 3.16. The molecule has 0 saturated carbocycles. The first kappa shape index (κ1) is 16.5. The molecule has 6 heteroatoms. The molecule has 2 aromatic heterocycles. The van der Waals surface area contributed by atoms with E-state index in [9.17, 15) is 4.79 Å². The Bertz CT molecular complexity index is 609. The quantitative estimate of drug-likeness (QED) is 0.855. The molecule has 2 N–H and O–H groups in total. The summed E-state index contributed by atoms with van der Waals surface area (Å²) in [5.41, 5.74) is 0.978. The van der Waals surface area contributed by atoms with E-state index in [1.807, 2.05) is 24.3 Å². The minimum absolute atomic E-state index is 0.0874. The number of carbonyl (C=O) groups is 1. The van der Waals surface area contributed by atoms with Crippen molar-refractivity contribution in [2.24, 2.45) is 0 Å². The number of furan rings is 1. The van der Waals surface area contributed by atoms with Gasteiger partial charge in [-0.1, -0.05) is 12.5 Å².